The lowest BCUT2D eigenvalue weighted by molar-refractivity contribution is 1.58. The first-order valence-corrected chi connectivity index (χ1v) is 22.2. The van der Waals surface area contributed by atoms with E-state index in [9.17, 15) is 0 Å². The Balaban J connectivity index is 1.04. The third-order valence-electron chi connectivity index (χ3n) is 13.5. The van der Waals surface area contributed by atoms with Crippen LogP contribution in [0.15, 0.2) is 243 Å². The van der Waals surface area contributed by atoms with E-state index in [4.69, 9.17) is 0 Å². The van der Waals surface area contributed by atoms with Gasteiger partial charge in [0.25, 0.3) is 0 Å². The lowest BCUT2D eigenvalue weighted by Gasteiger charge is -2.20. The lowest BCUT2D eigenvalue weighted by Crippen LogP contribution is -1.93. The molecule has 0 atom stereocenters. The number of hydrogen-bond acceptors (Lipinski definition) is 0. The topological polar surface area (TPSA) is 0 Å². The van der Waals surface area contributed by atoms with Crippen molar-refractivity contribution in [1.29, 1.82) is 0 Å². The second-order valence-corrected chi connectivity index (χ2v) is 17.2. The molecule has 64 heavy (non-hydrogen) atoms. The van der Waals surface area contributed by atoms with E-state index in [2.05, 4.69) is 243 Å². The van der Waals surface area contributed by atoms with Crippen LogP contribution in [-0.2, 0) is 0 Å². The molecule has 0 amide bonds. The zero-order valence-corrected chi connectivity index (χ0v) is 35.1. The van der Waals surface area contributed by atoms with Gasteiger partial charge in [-0.1, -0.05) is 206 Å². The minimum atomic E-state index is 1.19. The highest BCUT2D eigenvalue weighted by molar-refractivity contribution is 6.26. The van der Waals surface area contributed by atoms with Gasteiger partial charge in [-0.25, -0.2) is 0 Å². The highest BCUT2D eigenvalue weighted by Gasteiger charge is 2.20. The predicted molar refractivity (Wildman–Crippen MR) is 275 cm³/mol. The van der Waals surface area contributed by atoms with E-state index in [-0.39, 0.29) is 0 Å². The van der Waals surface area contributed by atoms with E-state index in [1.807, 2.05) is 0 Å². The van der Waals surface area contributed by atoms with Crippen molar-refractivity contribution in [3.63, 3.8) is 0 Å². The van der Waals surface area contributed by atoms with Crippen LogP contribution in [0.25, 0.3) is 131 Å². The Hall–Kier alpha value is -8.32. The Bertz CT molecular complexity index is 3860. The van der Waals surface area contributed by atoms with E-state index in [1.54, 1.807) is 0 Å². The van der Waals surface area contributed by atoms with Gasteiger partial charge in [0.2, 0.25) is 0 Å². The van der Waals surface area contributed by atoms with Gasteiger partial charge < -0.3 is 0 Å². The largest absolute Gasteiger partial charge is 0.0622 e. The maximum atomic E-state index is 2.45. The van der Waals surface area contributed by atoms with E-state index >= 15 is 0 Å². The van der Waals surface area contributed by atoms with Crippen molar-refractivity contribution < 1.29 is 0 Å². The highest BCUT2D eigenvalue weighted by Crippen LogP contribution is 2.47. The Labute approximate surface area is 372 Å². The molecule has 0 saturated carbocycles. The second kappa shape index (κ2) is 14.7. The maximum Gasteiger partial charge on any atom is -0.00206 e. The van der Waals surface area contributed by atoms with Crippen LogP contribution in [0.5, 0.6) is 0 Å². The van der Waals surface area contributed by atoms with Crippen LogP contribution in [0.2, 0.25) is 0 Å². The summed E-state index contributed by atoms with van der Waals surface area (Å²) < 4.78 is 0. The standard InChI is InChI=1S/C64H40/c1-3-13-41(14-4-1)48-27-28-51-37-49(29-30-50(51)36-48)46-19-12-20-47(35-46)52-38-53(55-33-31-45-26-25-43-17-11-18-44-32-34-60(55)64(45)61(43)44)40-54(39-52)63-58-23-9-7-21-56(58)62(42-15-5-2-6-16-42)57-22-8-10-24-59(57)63/h1-40H. The Morgan fingerprint density at radius 2 is 0.578 bits per heavy atom. The minimum Gasteiger partial charge on any atom is -0.0622 e. The third-order valence-corrected chi connectivity index (χ3v) is 13.5. The summed E-state index contributed by atoms with van der Waals surface area (Å²) >= 11 is 0. The molecule has 0 unspecified atom stereocenters. The smallest absolute Gasteiger partial charge is 0.00206 e. The van der Waals surface area contributed by atoms with Crippen molar-refractivity contribution in [2.24, 2.45) is 0 Å². The molecular formula is C64H40. The second-order valence-electron chi connectivity index (χ2n) is 17.2. The summed E-state index contributed by atoms with van der Waals surface area (Å²) in [7, 11) is 0. The van der Waals surface area contributed by atoms with E-state index < -0.39 is 0 Å². The fraction of sp³-hybridized carbons (Fsp3) is 0. The molecule has 0 aliphatic rings. The summed E-state index contributed by atoms with van der Waals surface area (Å²) in [5, 5.41) is 15.3. The molecule has 0 aliphatic carbocycles. The molecule has 0 aliphatic heterocycles. The minimum absolute atomic E-state index is 1.19. The molecule has 0 aromatic heterocycles. The molecule has 13 rings (SSSR count). The van der Waals surface area contributed by atoms with Gasteiger partial charge >= 0.3 is 0 Å². The van der Waals surface area contributed by atoms with Gasteiger partial charge in [0.05, 0.1) is 0 Å². The zero-order chi connectivity index (χ0) is 42.1. The number of fused-ring (bicyclic) bond motifs is 3. The molecule has 0 radical (unpaired) electrons. The van der Waals surface area contributed by atoms with Crippen molar-refractivity contribution in [3.05, 3.63) is 243 Å². The predicted octanol–water partition coefficient (Wildman–Crippen LogP) is 18.0. The zero-order valence-electron chi connectivity index (χ0n) is 35.1. The summed E-state index contributed by atoms with van der Waals surface area (Å²) in [6.45, 7) is 0. The summed E-state index contributed by atoms with van der Waals surface area (Å²) in [6.07, 6.45) is 0. The van der Waals surface area contributed by atoms with E-state index in [1.165, 1.54) is 131 Å². The molecule has 0 nitrogen and oxygen atoms in total. The number of hydrogen-bond donors (Lipinski definition) is 0. The molecule has 0 saturated heterocycles. The normalized spacial score (nSPS) is 11.8. The van der Waals surface area contributed by atoms with Crippen LogP contribution < -0.4 is 0 Å². The third kappa shape index (κ3) is 5.92. The Morgan fingerprint density at radius 3 is 1.22 bits per heavy atom. The van der Waals surface area contributed by atoms with Crippen molar-refractivity contribution >= 4 is 64.6 Å². The van der Waals surface area contributed by atoms with Crippen LogP contribution in [0, 0.1) is 0 Å². The van der Waals surface area contributed by atoms with Gasteiger partial charge in [-0.15, -0.1) is 0 Å². The first-order valence-electron chi connectivity index (χ1n) is 22.2. The van der Waals surface area contributed by atoms with E-state index in [0.29, 0.717) is 0 Å². The molecule has 0 heterocycles. The summed E-state index contributed by atoms with van der Waals surface area (Å²) in [6, 6.07) is 90.1. The van der Waals surface area contributed by atoms with E-state index in [0.717, 1.165) is 0 Å². The van der Waals surface area contributed by atoms with Crippen molar-refractivity contribution in [2.45, 2.75) is 0 Å². The SMILES string of the molecule is c1ccc(-c2ccc3cc(-c4cccc(-c5cc(-c6c7ccccc7c(-c7ccccc7)c7ccccc67)cc(-c6ccc7ccc8cccc9ccc6c7c89)c5)c4)ccc3c2)cc1. The van der Waals surface area contributed by atoms with Crippen molar-refractivity contribution in [2.75, 3.05) is 0 Å². The molecule has 0 N–H and O–H groups in total. The van der Waals surface area contributed by atoms with Gasteiger partial charge in [-0.05, 0) is 168 Å². The number of benzene rings is 13. The highest BCUT2D eigenvalue weighted by atomic mass is 14.2. The van der Waals surface area contributed by atoms with Gasteiger partial charge in [-0.3, -0.25) is 0 Å². The van der Waals surface area contributed by atoms with Crippen molar-refractivity contribution in [3.8, 4) is 66.8 Å². The Kier molecular flexibility index (Phi) is 8.32. The average molecular weight is 809 g/mol. The first-order chi connectivity index (χ1) is 31.7. The molecule has 296 valence electrons. The average Bonchev–Trinajstić information content (AvgIpc) is 3.37. The van der Waals surface area contributed by atoms with Crippen LogP contribution in [0.1, 0.15) is 0 Å². The molecule has 0 heteroatoms. The monoisotopic (exact) mass is 808 g/mol. The summed E-state index contributed by atoms with van der Waals surface area (Å²) in [5.74, 6) is 0. The van der Waals surface area contributed by atoms with Gasteiger partial charge in [0.1, 0.15) is 0 Å². The maximum absolute atomic E-state index is 2.45. The van der Waals surface area contributed by atoms with Gasteiger partial charge in [0, 0.05) is 0 Å². The molecule has 0 spiro atoms. The lowest BCUT2D eigenvalue weighted by atomic mass is 9.83. The molecule has 13 aromatic carbocycles. The van der Waals surface area contributed by atoms with Gasteiger partial charge in [-0.2, -0.15) is 0 Å². The molecule has 13 aromatic rings. The molecule has 0 fully saturated rings. The fourth-order valence-corrected chi connectivity index (χ4v) is 10.6. The van der Waals surface area contributed by atoms with Crippen LogP contribution in [0.4, 0.5) is 0 Å². The van der Waals surface area contributed by atoms with Crippen LogP contribution >= 0.6 is 0 Å². The van der Waals surface area contributed by atoms with Crippen LogP contribution in [0.3, 0.4) is 0 Å². The van der Waals surface area contributed by atoms with Crippen LogP contribution in [-0.4, -0.2) is 0 Å². The molecule has 0 bridgehead atoms. The van der Waals surface area contributed by atoms with Gasteiger partial charge in [0.15, 0.2) is 0 Å². The molecular weight excluding hydrogens is 769 g/mol. The quantitative estimate of drug-likeness (QED) is 0.116. The Morgan fingerprint density at radius 1 is 0.172 bits per heavy atom. The summed E-state index contributed by atoms with van der Waals surface area (Å²) in [4.78, 5) is 0. The fourth-order valence-electron chi connectivity index (χ4n) is 10.6. The first kappa shape index (κ1) is 36.3. The number of rotatable bonds is 6. The van der Waals surface area contributed by atoms with Crippen molar-refractivity contribution in [1.82, 2.24) is 0 Å². The summed E-state index contributed by atoms with van der Waals surface area (Å²) in [5.41, 5.74) is 14.7.